The van der Waals surface area contributed by atoms with Crippen molar-refractivity contribution in [2.45, 2.75) is 52.1 Å². The second kappa shape index (κ2) is 6.37. The van der Waals surface area contributed by atoms with E-state index in [1.807, 2.05) is 20.8 Å². The van der Waals surface area contributed by atoms with Gasteiger partial charge in [-0.15, -0.1) is 0 Å². The van der Waals surface area contributed by atoms with Gasteiger partial charge < -0.3 is 4.74 Å². The molecule has 0 aromatic heterocycles. The topological polar surface area (TPSA) is 55.8 Å². The van der Waals surface area contributed by atoms with E-state index in [1.54, 1.807) is 7.05 Å². The van der Waals surface area contributed by atoms with Gasteiger partial charge in [-0.2, -0.15) is 0 Å². The van der Waals surface area contributed by atoms with Crippen molar-refractivity contribution in [1.82, 2.24) is 5.06 Å². The third-order valence-corrected chi connectivity index (χ3v) is 3.35. The molecule has 1 aliphatic rings. The summed E-state index contributed by atoms with van der Waals surface area (Å²) < 4.78 is 5.40. The largest absolute Gasteiger partial charge is 0.460 e. The van der Waals surface area contributed by atoms with Gasteiger partial charge in [-0.3, -0.25) is 14.4 Å². The second-order valence-corrected chi connectivity index (χ2v) is 6.11. The Kier molecular flexibility index (Phi) is 5.35. The molecular weight excluding hydrogens is 246 g/mol. The highest BCUT2D eigenvalue weighted by Crippen LogP contribution is 2.32. The van der Waals surface area contributed by atoms with Gasteiger partial charge in [-0.05, 0) is 40.0 Å². The van der Waals surface area contributed by atoms with Crippen LogP contribution < -0.4 is 0 Å². The molecule has 0 aromatic rings. The molecule has 110 valence electrons. The lowest BCUT2D eigenvalue weighted by molar-refractivity contribution is -0.176. The quantitative estimate of drug-likeness (QED) is 0.583. The molecule has 1 rings (SSSR count). The Hall–Kier alpha value is -1.10. The first-order valence-corrected chi connectivity index (χ1v) is 6.79. The van der Waals surface area contributed by atoms with E-state index in [2.05, 4.69) is 0 Å². The first kappa shape index (κ1) is 16.0. The normalized spacial score (nSPS) is 23.8. The summed E-state index contributed by atoms with van der Waals surface area (Å²) in [6, 6.07) is 0. The van der Waals surface area contributed by atoms with E-state index in [1.165, 1.54) is 12.2 Å². The number of amides is 1. The maximum absolute atomic E-state index is 12.0. The minimum absolute atomic E-state index is 0.0595. The molecule has 0 aliphatic heterocycles. The van der Waals surface area contributed by atoms with E-state index in [0.29, 0.717) is 6.42 Å². The summed E-state index contributed by atoms with van der Waals surface area (Å²) in [5.41, 5.74) is -0.475. The van der Waals surface area contributed by atoms with Crippen molar-refractivity contribution >= 4 is 11.9 Å². The fourth-order valence-electron chi connectivity index (χ4n) is 2.36. The van der Waals surface area contributed by atoms with E-state index in [4.69, 9.17) is 9.57 Å². The molecular formula is C14H25NO4. The standard InChI is InChI=1S/C14H25NO4/c1-14(2,3)19-13(17)11-8-6-7-10(9-11)12(16)15(4)18-5/h10-11H,6-9H2,1-5H3. The van der Waals surface area contributed by atoms with E-state index < -0.39 is 5.60 Å². The van der Waals surface area contributed by atoms with Crippen LogP contribution in [0.15, 0.2) is 0 Å². The first-order chi connectivity index (χ1) is 8.74. The maximum atomic E-state index is 12.0. The van der Waals surface area contributed by atoms with Crippen LogP contribution in [-0.2, 0) is 19.2 Å². The lowest BCUT2D eigenvalue weighted by atomic mass is 9.81. The van der Waals surface area contributed by atoms with Crippen LogP contribution in [-0.4, -0.2) is 36.7 Å². The minimum atomic E-state index is -0.475. The van der Waals surface area contributed by atoms with Crippen molar-refractivity contribution in [1.29, 1.82) is 0 Å². The van der Waals surface area contributed by atoms with Gasteiger partial charge in [0.2, 0.25) is 5.91 Å². The Morgan fingerprint density at radius 2 is 1.74 bits per heavy atom. The van der Waals surface area contributed by atoms with Crippen LogP contribution in [0, 0.1) is 11.8 Å². The van der Waals surface area contributed by atoms with Crippen LogP contribution in [0.3, 0.4) is 0 Å². The number of carbonyl (C=O) groups is 2. The highest BCUT2D eigenvalue weighted by atomic mass is 16.7. The van der Waals surface area contributed by atoms with Gasteiger partial charge in [0.05, 0.1) is 13.0 Å². The Morgan fingerprint density at radius 3 is 2.26 bits per heavy atom. The van der Waals surface area contributed by atoms with Crippen molar-refractivity contribution in [3.05, 3.63) is 0 Å². The lowest BCUT2D eigenvalue weighted by Gasteiger charge is -2.31. The molecule has 1 saturated carbocycles. The van der Waals surface area contributed by atoms with E-state index in [-0.39, 0.29) is 23.7 Å². The Labute approximate surface area is 115 Å². The number of hydroxylamine groups is 2. The van der Waals surface area contributed by atoms with Crippen LogP contribution in [0.5, 0.6) is 0 Å². The molecule has 2 atom stereocenters. The molecule has 19 heavy (non-hydrogen) atoms. The highest BCUT2D eigenvalue weighted by Gasteiger charge is 2.34. The van der Waals surface area contributed by atoms with Crippen LogP contribution in [0.2, 0.25) is 0 Å². The number of hydrogen-bond donors (Lipinski definition) is 0. The number of hydrogen-bond acceptors (Lipinski definition) is 4. The molecule has 0 saturated heterocycles. The smallest absolute Gasteiger partial charge is 0.309 e. The van der Waals surface area contributed by atoms with Gasteiger partial charge >= 0.3 is 5.97 Å². The molecule has 0 N–H and O–H groups in total. The van der Waals surface area contributed by atoms with Crippen molar-refractivity contribution in [3.63, 3.8) is 0 Å². The maximum Gasteiger partial charge on any atom is 0.309 e. The molecule has 1 aliphatic carbocycles. The molecule has 5 heteroatoms. The highest BCUT2D eigenvalue weighted by molar-refractivity contribution is 5.79. The number of esters is 1. The molecule has 2 unspecified atom stereocenters. The van der Waals surface area contributed by atoms with Gasteiger partial charge in [-0.1, -0.05) is 6.42 Å². The summed E-state index contributed by atoms with van der Waals surface area (Å²) in [6.07, 6.45) is 3.04. The van der Waals surface area contributed by atoms with E-state index in [0.717, 1.165) is 19.3 Å². The number of nitrogens with zero attached hydrogens (tertiary/aromatic N) is 1. The minimum Gasteiger partial charge on any atom is -0.460 e. The lowest BCUT2D eigenvalue weighted by Crippen LogP contribution is -2.37. The zero-order valence-corrected chi connectivity index (χ0v) is 12.6. The molecule has 0 radical (unpaired) electrons. The summed E-state index contributed by atoms with van der Waals surface area (Å²) in [5, 5.41) is 1.24. The van der Waals surface area contributed by atoms with Crippen LogP contribution >= 0.6 is 0 Å². The molecule has 0 heterocycles. The molecule has 5 nitrogen and oxygen atoms in total. The first-order valence-electron chi connectivity index (χ1n) is 6.79. The predicted octanol–water partition coefficient (Wildman–Crippen LogP) is 2.15. The number of carbonyl (C=O) groups excluding carboxylic acids is 2. The van der Waals surface area contributed by atoms with Crippen LogP contribution in [0.1, 0.15) is 46.5 Å². The molecule has 0 bridgehead atoms. The average molecular weight is 271 g/mol. The number of rotatable bonds is 3. The third kappa shape index (κ3) is 4.82. The zero-order valence-electron chi connectivity index (χ0n) is 12.6. The molecule has 0 aromatic carbocycles. The molecule has 1 fully saturated rings. The Balaban J connectivity index is 2.59. The predicted molar refractivity (Wildman–Crippen MR) is 71.1 cm³/mol. The van der Waals surface area contributed by atoms with Gasteiger partial charge in [0.1, 0.15) is 5.60 Å². The van der Waals surface area contributed by atoms with E-state index >= 15 is 0 Å². The van der Waals surface area contributed by atoms with Crippen molar-refractivity contribution in [2.24, 2.45) is 11.8 Å². The summed E-state index contributed by atoms with van der Waals surface area (Å²) in [5.74, 6) is -0.566. The van der Waals surface area contributed by atoms with Crippen LogP contribution in [0.25, 0.3) is 0 Å². The zero-order chi connectivity index (χ0) is 14.6. The average Bonchev–Trinajstić information content (AvgIpc) is 2.35. The summed E-state index contributed by atoms with van der Waals surface area (Å²) in [7, 11) is 3.06. The third-order valence-electron chi connectivity index (χ3n) is 3.35. The Bertz CT molecular complexity index is 335. The summed E-state index contributed by atoms with van der Waals surface area (Å²) in [4.78, 5) is 29.0. The SMILES string of the molecule is CON(C)C(=O)C1CCCC(C(=O)OC(C)(C)C)C1. The van der Waals surface area contributed by atoms with Gasteiger partial charge in [0, 0.05) is 13.0 Å². The van der Waals surface area contributed by atoms with Crippen LogP contribution in [0.4, 0.5) is 0 Å². The van der Waals surface area contributed by atoms with Crippen molar-refractivity contribution in [2.75, 3.05) is 14.2 Å². The molecule has 1 amide bonds. The summed E-state index contributed by atoms with van der Waals surface area (Å²) in [6.45, 7) is 5.57. The van der Waals surface area contributed by atoms with Crippen molar-refractivity contribution in [3.8, 4) is 0 Å². The number of ether oxygens (including phenoxy) is 1. The van der Waals surface area contributed by atoms with E-state index in [9.17, 15) is 9.59 Å². The van der Waals surface area contributed by atoms with Gasteiger partial charge in [0.25, 0.3) is 0 Å². The molecule has 0 spiro atoms. The Morgan fingerprint density at radius 1 is 1.16 bits per heavy atom. The van der Waals surface area contributed by atoms with Crippen molar-refractivity contribution < 1.29 is 19.2 Å². The second-order valence-electron chi connectivity index (χ2n) is 6.11. The van der Waals surface area contributed by atoms with Gasteiger partial charge in [-0.25, -0.2) is 5.06 Å². The monoisotopic (exact) mass is 271 g/mol. The fourth-order valence-corrected chi connectivity index (χ4v) is 2.36. The summed E-state index contributed by atoms with van der Waals surface area (Å²) >= 11 is 0. The fraction of sp³-hybridized carbons (Fsp3) is 0.857. The van der Waals surface area contributed by atoms with Gasteiger partial charge in [0.15, 0.2) is 0 Å².